The van der Waals surface area contributed by atoms with Crippen molar-refractivity contribution < 1.29 is 19.8 Å². The molecule has 0 fully saturated rings. The standard InChI is InChI=1S/2C7H14O2/c1-3-6(4-2)5-7(8)9;1-3-5-6(4-2)7(8)9/h2*6H,3-5H2,1-2H3,(H,8,9). The van der Waals surface area contributed by atoms with Gasteiger partial charge in [0.2, 0.25) is 0 Å². The van der Waals surface area contributed by atoms with Crippen molar-refractivity contribution in [2.75, 3.05) is 0 Å². The number of rotatable bonds is 8. The van der Waals surface area contributed by atoms with Crippen molar-refractivity contribution in [2.24, 2.45) is 11.8 Å². The predicted molar refractivity (Wildman–Crippen MR) is 72.6 cm³/mol. The maximum atomic E-state index is 10.3. The number of hydrogen-bond donors (Lipinski definition) is 2. The third kappa shape index (κ3) is 11.4. The summed E-state index contributed by atoms with van der Waals surface area (Å²) in [6.45, 7) is 7.97. The van der Waals surface area contributed by atoms with Crippen LogP contribution in [0.1, 0.15) is 66.2 Å². The molecule has 0 spiro atoms. The van der Waals surface area contributed by atoms with Gasteiger partial charge in [-0.05, 0) is 18.8 Å². The fourth-order valence-electron chi connectivity index (χ4n) is 1.67. The molecule has 0 aromatic rings. The maximum Gasteiger partial charge on any atom is 0.306 e. The molecule has 4 nitrogen and oxygen atoms in total. The van der Waals surface area contributed by atoms with Gasteiger partial charge in [0.1, 0.15) is 0 Å². The molecule has 0 bridgehead atoms. The molecule has 0 saturated heterocycles. The summed E-state index contributed by atoms with van der Waals surface area (Å²) < 4.78 is 0. The van der Waals surface area contributed by atoms with Crippen molar-refractivity contribution in [1.82, 2.24) is 0 Å². The summed E-state index contributed by atoms with van der Waals surface area (Å²) in [5, 5.41) is 16.9. The Morgan fingerprint density at radius 2 is 1.44 bits per heavy atom. The van der Waals surface area contributed by atoms with Gasteiger partial charge in [-0.2, -0.15) is 0 Å². The Kier molecular flexibility index (Phi) is 13.3. The van der Waals surface area contributed by atoms with Gasteiger partial charge in [-0.25, -0.2) is 0 Å². The minimum Gasteiger partial charge on any atom is -0.481 e. The Morgan fingerprint density at radius 1 is 0.944 bits per heavy atom. The van der Waals surface area contributed by atoms with Crippen LogP contribution in [-0.4, -0.2) is 22.2 Å². The van der Waals surface area contributed by atoms with E-state index in [2.05, 4.69) is 0 Å². The number of carboxylic acids is 2. The van der Waals surface area contributed by atoms with E-state index in [-0.39, 0.29) is 5.92 Å². The second-order valence-electron chi connectivity index (χ2n) is 4.51. The highest BCUT2D eigenvalue weighted by Crippen LogP contribution is 2.11. The molecule has 0 aliphatic carbocycles. The van der Waals surface area contributed by atoms with E-state index in [1.165, 1.54) is 0 Å². The minimum atomic E-state index is -0.677. The maximum absolute atomic E-state index is 10.3. The number of aliphatic carboxylic acids is 2. The lowest BCUT2D eigenvalue weighted by Gasteiger charge is -2.06. The first-order valence-corrected chi connectivity index (χ1v) is 6.87. The number of hydrogen-bond acceptors (Lipinski definition) is 2. The van der Waals surface area contributed by atoms with Crippen LogP contribution < -0.4 is 0 Å². The molecule has 4 heteroatoms. The lowest BCUT2D eigenvalue weighted by atomic mass is 10.00. The van der Waals surface area contributed by atoms with E-state index in [1.54, 1.807) is 0 Å². The summed E-state index contributed by atoms with van der Waals surface area (Å²) in [5.74, 6) is -1.07. The Balaban J connectivity index is 0. The van der Waals surface area contributed by atoms with Gasteiger partial charge in [0.05, 0.1) is 5.92 Å². The third-order valence-corrected chi connectivity index (χ3v) is 3.10. The van der Waals surface area contributed by atoms with E-state index >= 15 is 0 Å². The summed E-state index contributed by atoms with van der Waals surface area (Å²) in [5.41, 5.74) is 0. The molecule has 0 aliphatic rings. The molecule has 0 amide bonds. The molecule has 1 atom stereocenters. The van der Waals surface area contributed by atoms with E-state index in [0.29, 0.717) is 12.3 Å². The van der Waals surface area contributed by atoms with Gasteiger partial charge in [-0.15, -0.1) is 0 Å². The van der Waals surface area contributed by atoms with E-state index in [1.807, 2.05) is 27.7 Å². The van der Waals surface area contributed by atoms with Crippen molar-refractivity contribution in [1.29, 1.82) is 0 Å². The lowest BCUT2D eigenvalue weighted by molar-refractivity contribution is -0.142. The van der Waals surface area contributed by atoms with Gasteiger partial charge in [0.25, 0.3) is 0 Å². The fourth-order valence-corrected chi connectivity index (χ4v) is 1.67. The van der Waals surface area contributed by atoms with E-state index < -0.39 is 11.9 Å². The molecular weight excluding hydrogens is 232 g/mol. The summed E-state index contributed by atoms with van der Waals surface area (Å²) in [7, 11) is 0. The van der Waals surface area contributed by atoms with Crippen LogP contribution in [0.15, 0.2) is 0 Å². The summed E-state index contributed by atoms with van der Waals surface area (Å²) in [4.78, 5) is 20.4. The van der Waals surface area contributed by atoms with Crippen molar-refractivity contribution in [3.05, 3.63) is 0 Å². The van der Waals surface area contributed by atoms with Gasteiger partial charge in [-0.3, -0.25) is 9.59 Å². The van der Waals surface area contributed by atoms with E-state index in [0.717, 1.165) is 32.1 Å². The van der Waals surface area contributed by atoms with E-state index in [4.69, 9.17) is 10.2 Å². The van der Waals surface area contributed by atoms with Crippen LogP contribution in [0.4, 0.5) is 0 Å². The Bertz CT molecular complexity index is 222. The average molecular weight is 260 g/mol. The highest BCUT2D eigenvalue weighted by molar-refractivity contribution is 5.69. The molecule has 0 radical (unpaired) electrons. The van der Waals surface area contributed by atoms with Gasteiger partial charge in [0, 0.05) is 6.42 Å². The first-order valence-electron chi connectivity index (χ1n) is 6.87. The predicted octanol–water partition coefficient (Wildman–Crippen LogP) is 3.79. The Hall–Kier alpha value is -1.06. The largest absolute Gasteiger partial charge is 0.481 e. The van der Waals surface area contributed by atoms with Gasteiger partial charge in [-0.1, -0.05) is 47.0 Å². The molecule has 108 valence electrons. The van der Waals surface area contributed by atoms with E-state index in [9.17, 15) is 9.59 Å². The normalized spacial score (nSPS) is 11.6. The molecule has 0 aromatic carbocycles. The first kappa shape index (κ1) is 19.3. The molecule has 0 aliphatic heterocycles. The monoisotopic (exact) mass is 260 g/mol. The fraction of sp³-hybridized carbons (Fsp3) is 0.857. The lowest BCUT2D eigenvalue weighted by Crippen LogP contribution is -2.11. The molecule has 0 saturated carbocycles. The van der Waals surface area contributed by atoms with Crippen LogP contribution in [0, 0.1) is 11.8 Å². The first-order chi connectivity index (χ1) is 8.42. The molecule has 2 N–H and O–H groups in total. The third-order valence-electron chi connectivity index (χ3n) is 3.10. The van der Waals surface area contributed by atoms with Gasteiger partial charge >= 0.3 is 11.9 Å². The summed E-state index contributed by atoms with van der Waals surface area (Å²) in [6.07, 6.45) is 4.80. The zero-order chi connectivity index (χ0) is 14.6. The smallest absolute Gasteiger partial charge is 0.306 e. The number of carbonyl (C=O) groups is 2. The molecular formula is C14H28O4. The van der Waals surface area contributed by atoms with Crippen molar-refractivity contribution >= 4 is 11.9 Å². The molecule has 1 unspecified atom stereocenters. The average Bonchev–Trinajstić information content (AvgIpc) is 2.33. The van der Waals surface area contributed by atoms with Crippen molar-refractivity contribution in [3.8, 4) is 0 Å². The molecule has 0 aromatic heterocycles. The van der Waals surface area contributed by atoms with Crippen LogP contribution in [0.2, 0.25) is 0 Å². The van der Waals surface area contributed by atoms with Crippen LogP contribution in [0.5, 0.6) is 0 Å². The quantitative estimate of drug-likeness (QED) is 0.696. The van der Waals surface area contributed by atoms with Crippen LogP contribution >= 0.6 is 0 Å². The van der Waals surface area contributed by atoms with Crippen LogP contribution in [0.3, 0.4) is 0 Å². The van der Waals surface area contributed by atoms with Gasteiger partial charge in [0.15, 0.2) is 0 Å². The summed E-state index contributed by atoms with van der Waals surface area (Å²) in [6, 6.07) is 0. The molecule has 18 heavy (non-hydrogen) atoms. The zero-order valence-corrected chi connectivity index (χ0v) is 12.1. The molecule has 0 rings (SSSR count). The van der Waals surface area contributed by atoms with Gasteiger partial charge < -0.3 is 10.2 Å². The zero-order valence-electron chi connectivity index (χ0n) is 12.1. The highest BCUT2D eigenvalue weighted by atomic mass is 16.4. The number of carboxylic acid groups (broad SMARTS) is 2. The van der Waals surface area contributed by atoms with Crippen molar-refractivity contribution in [3.63, 3.8) is 0 Å². The van der Waals surface area contributed by atoms with Crippen LogP contribution in [-0.2, 0) is 9.59 Å². The topological polar surface area (TPSA) is 74.6 Å². The second-order valence-corrected chi connectivity index (χ2v) is 4.51. The Labute approximate surface area is 110 Å². The minimum absolute atomic E-state index is 0.116. The van der Waals surface area contributed by atoms with Crippen LogP contribution in [0.25, 0.3) is 0 Å². The highest BCUT2D eigenvalue weighted by Gasteiger charge is 2.12. The summed E-state index contributed by atoms with van der Waals surface area (Å²) >= 11 is 0. The van der Waals surface area contributed by atoms with Crippen molar-refractivity contribution in [2.45, 2.75) is 66.2 Å². The Morgan fingerprint density at radius 3 is 1.56 bits per heavy atom. The SMILES string of the molecule is CCC(CC)CC(=O)O.CCCC(CC)C(=O)O. The second kappa shape index (κ2) is 12.4. The molecule has 0 heterocycles.